The zero-order valence-corrected chi connectivity index (χ0v) is 11.7. The molecule has 1 heterocycles. The summed E-state index contributed by atoms with van der Waals surface area (Å²) in [7, 11) is 0. The van der Waals surface area contributed by atoms with Gasteiger partial charge >= 0.3 is 5.97 Å². The van der Waals surface area contributed by atoms with E-state index < -0.39 is 5.97 Å². The van der Waals surface area contributed by atoms with Crippen molar-refractivity contribution in [3.05, 3.63) is 45.4 Å². The molecule has 100 valence electrons. The van der Waals surface area contributed by atoms with Crippen molar-refractivity contribution < 1.29 is 14.6 Å². The SMILES string of the molecule is Cc1cc(C)cc(OCCc2ncc(C(=O)O)s2)c1. The van der Waals surface area contributed by atoms with E-state index in [1.165, 1.54) is 17.5 Å². The fourth-order valence-corrected chi connectivity index (χ4v) is 2.53. The Labute approximate surface area is 115 Å². The Morgan fingerprint density at radius 2 is 2.00 bits per heavy atom. The molecule has 0 saturated heterocycles. The van der Waals surface area contributed by atoms with Crippen LogP contribution in [0.2, 0.25) is 0 Å². The Hall–Kier alpha value is -1.88. The lowest BCUT2D eigenvalue weighted by molar-refractivity contribution is 0.0702. The molecule has 0 unspecified atom stereocenters. The van der Waals surface area contributed by atoms with Crippen LogP contribution in [0.1, 0.15) is 25.8 Å². The molecule has 4 nitrogen and oxygen atoms in total. The van der Waals surface area contributed by atoms with Gasteiger partial charge in [0.15, 0.2) is 0 Å². The molecule has 0 bridgehead atoms. The summed E-state index contributed by atoms with van der Waals surface area (Å²) in [5, 5.41) is 9.58. The number of carboxylic acids is 1. The van der Waals surface area contributed by atoms with Crippen LogP contribution < -0.4 is 4.74 Å². The number of hydrogen-bond acceptors (Lipinski definition) is 4. The van der Waals surface area contributed by atoms with Crippen LogP contribution in [0.25, 0.3) is 0 Å². The number of hydrogen-bond donors (Lipinski definition) is 1. The summed E-state index contributed by atoms with van der Waals surface area (Å²) in [4.78, 5) is 15.1. The van der Waals surface area contributed by atoms with Crippen LogP contribution in [0.4, 0.5) is 0 Å². The van der Waals surface area contributed by atoms with Crippen LogP contribution in [-0.2, 0) is 6.42 Å². The van der Waals surface area contributed by atoms with E-state index in [1.807, 2.05) is 26.0 Å². The minimum atomic E-state index is -0.932. The second-order valence-electron chi connectivity index (χ2n) is 4.35. The molecule has 19 heavy (non-hydrogen) atoms. The number of carboxylic acid groups (broad SMARTS) is 1. The molecule has 0 aliphatic heterocycles. The predicted octanol–water partition coefficient (Wildman–Crippen LogP) is 3.08. The Bertz CT molecular complexity index is 572. The first-order chi connectivity index (χ1) is 9.04. The van der Waals surface area contributed by atoms with E-state index in [-0.39, 0.29) is 4.88 Å². The summed E-state index contributed by atoms with van der Waals surface area (Å²) in [5.41, 5.74) is 2.33. The first-order valence-electron chi connectivity index (χ1n) is 5.93. The summed E-state index contributed by atoms with van der Waals surface area (Å²) >= 11 is 1.19. The largest absolute Gasteiger partial charge is 0.493 e. The lowest BCUT2D eigenvalue weighted by atomic mass is 10.1. The standard InChI is InChI=1S/C14H15NO3S/c1-9-5-10(2)7-11(6-9)18-4-3-13-15-8-12(19-13)14(16)17/h5-8H,3-4H2,1-2H3,(H,16,17). The highest BCUT2D eigenvalue weighted by Crippen LogP contribution is 2.17. The Morgan fingerprint density at radius 3 is 2.58 bits per heavy atom. The number of aromatic nitrogens is 1. The predicted molar refractivity (Wildman–Crippen MR) is 74.2 cm³/mol. The van der Waals surface area contributed by atoms with Gasteiger partial charge in [0.2, 0.25) is 0 Å². The molecule has 0 atom stereocenters. The van der Waals surface area contributed by atoms with E-state index in [9.17, 15) is 4.79 Å². The minimum absolute atomic E-state index is 0.265. The van der Waals surface area contributed by atoms with Gasteiger partial charge in [-0.1, -0.05) is 6.07 Å². The summed E-state index contributed by atoms with van der Waals surface area (Å²) in [6, 6.07) is 6.06. The van der Waals surface area contributed by atoms with Gasteiger partial charge in [0.25, 0.3) is 0 Å². The van der Waals surface area contributed by atoms with Crippen molar-refractivity contribution in [1.29, 1.82) is 0 Å². The van der Waals surface area contributed by atoms with Crippen molar-refractivity contribution in [3.8, 4) is 5.75 Å². The smallest absolute Gasteiger partial charge is 0.347 e. The molecule has 0 aliphatic rings. The fourth-order valence-electron chi connectivity index (χ4n) is 1.80. The van der Waals surface area contributed by atoms with Crippen molar-refractivity contribution >= 4 is 17.3 Å². The Balaban J connectivity index is 1.90. The van der Waals surface area contributed by atoms with Crippen molar-refractivity contribution in [2.24, 2.45) is 0 Å². The van der Waals surface area contributed by atoms with Gasteiger partial charge in [0.05, 0.1) is 17.8 Å². The molecule has 5 heteroatoms. The van der Waals surface area contributed by atoms with Gasteiger partial charge in [-0.3, -0.25) is 0 Å². The summed E-state index contributed by atoms with van der Waals surface area (Å²) < 4.78 is 5.66. The average molecular weight is 277 g/mol. The quantitative estimate of drug-likeness (QED) is 0.912. The van der Waals surface area contributed by atoms with Crippen LogP contribution in [0, 0.1) is 13.8 Å². The zero-order chi connectivity index (χ0) is 13.8. The molecule has 0 spiro atoms. The molecule has 1 N–H and O–H groups in total. The zero-order valence-electron chi connectivity index (χ0n) is 10.8. The normalized spacial score (nSPS) is 10.4. The third-order valence-corrected chi connectivity index (χ3v) is 3.59. The lowest BCUT2D eigenvalue weighted by Gasteiger charge is -2.07. The monoisotopic (exact) mass is 277 g/mol. The molecule has 2 aromatic rings. The number of benzene rings is 1. The Kier molecular flexibility index (Phi) is 4.16. The molecule has 0 saturated carbocycles. The van der Waals surface area contributed by atoms with Gasteiger partial charge in [-0.2, -0.15) is 0 Å². The maximum Gasteiger partial charge on any atom is 0.347 e. The molecule has 0 fully saturated rings. The van der Waals surface area contributed by atoms with Crippen molar-refractivity contribution in [2.45, 2.75) is 20.3 Å². The summed E-state index contributed by atoms with van der Waals surface area (Å²) in [6.45, 7) is 4.55. The van der Waals surface area contributed by atoms with Gasteiger partial charge in [-0.15, -0.1) is 11.3 Å². The minimum Gasteiger partial charge on any atom is -0.493 e. The molecule has 2 rings (SSSR count). The first kappa shape index (κ1) is 13.5. The van der Waals surface area contributed by atoms with E-state index in [0.717, 1.165) is 21.9 Å². The first-order valence-corrected chi connectivity index (χ1v) is 6.75. The molecule has 0 radical (unpaired) electrons. The van der Waals surface area contributed by atoms with E-state index in [4.69, 9.17) is 9.84 Å². The number of ether oxygens (including phenoxy) is 1. The van der Waals surface area contributed by atoms with E-state index in [1.54, 1.807) is 0 Å². The van der Waals surface area contributed by atoms with E-state index in [0.29, 0.717) is 13.0 Å². The van der Waals surface area contributed by atoms with Crippen LogP contribution in [0.15, 0.2) is 24.4 Å². The summed E-state index contributed by atoms with van der Waals surface area (Å²) in [5.74, 6) is -0.0912. The lowest BCUT2D eigenvalue weighted by Crippen LogP contribution is -2.01. The fraction of sp³-hybridized carbons (Fsp3) is 0.286. The number of carbonyl (C=O) groups is 1. The number of nitrogens with zero attached hydrogens (tertiary/aromatic N) is 1. The maximum absolute atomic E-state index is 10.7. The van der Waals surface area contributed by atoms with Gasteiger partial charge in [-0.25, -0.2) is 9.78 Å². The molecule has 0 aliphatic carbocycles. The highest BCUT2D eigenvalue weighted by molar-refractivity contribution is 7.13. The van der Waals surface area contributed by atoms with E-state index in [2.05, 4.69) is 11.1 Å². The highest BCUT2D eigenvalue weighted by atomic mass is 32.1. The second-order valence-corrected chi connectivity index (χ2v) is 5.46. The molecule has 1 aromatic heterocycles. The third kappa shape index (κ3) is 3.79. The van der Waals surface area contributed by atoms with Crippen LogP contribution >= 0.6 is 11.3 Å². The number of aryl methyl sites for hydroxylation is 2. The van der Waals surface area contributed by atoms with Gasteiger partial charge in [0.1, 0.15) is 10.6 Å². The van der Waals surface area contributed by atoms with E-state index >= 15 is 0 Å². The van der Waals surface area contributed by atoms with Crippen LogP contribution in [-0.4, -0.2) is 22.7 Å². The summed E-state index contributed by atoms with van der Waals surface area (Å²) in [6.07, 6.45) is 2.00. The topological polar surface area (TPSA) is 59.4 Å². The van der Waals surface area contributed by atoms with Crippen molar-refractivity contribution in [3.63, 3.8) is 0 Å². The van der Waals surface area contributed by atoms with Crippen molar-refractivity contribution in [1.82, 2.24) is 4.98 Å². The molecular formula is C14H15NO3S. The van der Waals surface area contributed by atoms with Gasteiger partial charge < -0.3 is 9.84 Å². The number of thiazole rings is 1. The average Bonchev–Trinajstić information content (AvgIpc) is 2.76. The number of aromatic carboxylic acids is 1. The number of rotatable bonds is 5. The molecule has 1 aromatic carbocycles. The second kappa shape index (κ2) is 5.84. The van der Waals surface area contributed by atoms with Crippen LogP contribution in [0.3, 0.4) is 0 Å². The Morgan fingerprint density at radius 1 is 1.32 bits per heavy atom. The molecular weight excluding hydrogens is 262 g/mol. The highest BCUT2D eigenvalue weighted by Gasteiger charge is 2.08. The molecule has 0 amide bonds. The third-order valence-electron chi connectivity index (χ3n) is 2.54. The van der Waals surface area contributed by atoms with Gasteiger partial charge in [0, 0.05) is 6.42 Å². The maximum atomic E-state index is 10.7. The van der Waals surface area contributed by atoms with Crippen LogP contribution in [0.5, 0.6) is 5.75 Å². The van der Waals surface area contributed by atoms with Crippen molar-refractivity contribution in [2.75, 3.05) is 6.61 Å². The van der Waals surface area contributed by atoms with Gasteiger partial charge in [-0.05, 0) is 37.1 Å².